The second kappa shape index (κ2) is 7.43. The van der Waals surface area contributed by atoms with Gasteiger partial charge in [-0.2, -0.15) is 0 Å². The Morgan fingerprint density at radius 2 is 1.91 bits per heavy atom. The van der Waals surface area contributed by atoms with Crippen molar-refractivity contribution in [2.75, 3.05) is 22.7 Å². The number of aromatic nitrogens is 1. The molecule has 0 aliphatic rings. The molecule has 0 aliphatic heterocycles. The largest absolute Gasteiger partial charge is 0.392 e. The van der Waals surface area contributed by atoms with E-state index in [0.717, 1.165) is 0 Å². The van der Waals surface area contributed by atoms with Crippen molar-refractivity contribution in [1.29, 1.82) is 0 Å². The summed E-state index contributed by atoms with van der Waals surface area (Å²) in [5.74, 6) is 0.521. The van der Waals surface area contributed by atoms with Crippen LogP contribution >= 0.6 is 0 Å². The van der Waals surface area contributed by atoms with Crippen LogP contribution in [-0.2, 0) is 10.0 Å². The molecule has 1 aromatic heterocycles. The summed E-state index contributed by atoms with van der Waals surface area (Å²) in [5, 5.41) is 12.2. The number of nitrogens with one attached hydrogen (secondary N) is 1. The number of aliphatic hydroxyl groups is 1. The minimum absolute atomic E-state index is 0.130. The van der Waals surface area contributed by atoms with E-state index < -0.39 is 16.1 Å². The van der Waals surface area contributed by atoms with Gasteiger partial charge in [0, 0.05) is 19.3 Å². The first-order valence-corrected chi connectivity index (χ1v) is 8.85. The molecule has 1 heterocycles. The molecule has 0 aliphatic carbocycles. The molecule has 0 fully saturated rings. The van der Waals surface area contributed by atoms with Crippen molar-refractivity contribution in [2.24, 2.45) is 0 Å². The number of sulfonamides is 1. The molecule has 1 atom stereocenters. The topological polar surface area (TPSA) is 82.5 Å². The normalized spacial score (nSPS) is 12.7. The van der Waals surface area contributed by atoms with E-state index >= 15 is 0 Å². The second-order valence-electron chi connectivity index (χ2n) is 5.11. The number of rotatable bonds is 7. The molecule has 23 heavy (non-hydrogen) atoms. The summed E-state index contributed by atoms with van der Waals surface area (Å²) in [5.41, 5.74) is 0.617. The predicted octanol–water partition coefficient (Wildman–Crippen LogP) is 2.09. The summed E-state index contributed by atoms with van der Waals surface area (Å²) in [6, 6.07) is 12.1. The molecule has 0 amide bonds. The minimum Gasteiger partial charge on any atom is -0.392 e. The van der Waals surface area contributed by atoms with Crippen molar-refractivity contribution in [3.63, 3.8) is 0 Å². The second-order valence-corrected chi connectivity index (χ2v) is 6.98. The SMILES string of the molecule is CCN(c1ccccc1)S(=O)(=O)c1ccc(NCC(C)O)nc1. The van der Waals surface area contributed by atoms with Crippen molar-refractivity contribution in [1.82, 2.24) is 4.98 Å². The van der Waals surface area contributed by atoms with Gasteiger partial charge in [-0.05, 0) is 38.1 Å². The van der Waals surface area contributed by atoms with Crippen molar-refractivity contribution in [3.8, 4) is 0 Å². The molecule has 2 aromatic rings. The van der Waals surface area contributed by atoms with Crippen LogP contribution in [0.1, 0.15) is 13.8 Å². The minimum atomic E-state index is -3.66. The third-order valence-electron chi connectivity index (χ3n) is 3.23. The number of benzene rings is 1. The summed E-state index contributed by atoms with van der Waals surface area (Å²) < 4.78 is 26.9. The van der Waals surface area contributed by atoms with Gasteiger partial charge in [0.2, 0.25) is 0 Å². The molecule has 2 rings (SSSR count). The Bertz CT molecular complexity index is 716. The lowest BCUT2D eigenvalue weighted by Gasteiger charge is -2.22. The van der Waals surface area contributed by atoms with E-state index in [2.05, 4.69) is 10.3 Å². The average molecular weight is 335 g/mol. The molecule has 0 spiro atoms. The Labute approximate surface area is 136 Å². The lowest BCUT2D eigenvalue weighted by molar-refractivity contribution is 0.208. The summed E-state index contributed by atoms with van der Waals surface area (Å²) >= 11 is 0. The smallest absolute Gasteiger partial charge is 0.265 e. The van der Waals surface area contributed by atoms with Gasteiger partial charge in [0.25, 0.3) is 10.0 Å². The fourth-order valence-electron chi connectivity index (χ4n) is 2.10. The predicted molar refractivity (Wildman–Crippen MR) is 91.1 cm³/mol. The number of aliphatic hydroxyl groups excluding tert-OH is 1. The van der Waals surface area contributed by atoms with E-state index in [1.807, 2.05) is 6.07 Å². The number of para-hydroxylation sites is 1. The van der Waals surface area contributed by atoms with Gasteiger partial charge in [-0.1, -0.05) is 18.2 Å². The van der Waals surface area contributed by atoms with Crippen LogP contribution in [0, 0.1) is 0 Å². The van der Waals surface area contributed by atoms with Crippen LogP contribution in [-0.4, -0.2) is 37.7 Å². The zero-order valence-electron chi connectivity index (χ0n) is 13.2. The fourth-order valence-corrected chi connectivity index (χ4v) is 3.52. The maximum Gasteiger partial charge on any atom is 0.265 e. The van der Waals surface area contributed by atoms with Gasteiger partial charge in [0.15, 0.2) is 0 Å². The van der Waals surface area contributed by atoms with Crippen molar-refractivity contribution in [3.05, 3.63) is 48.7 Å². The summed E-state index contributed by atoms with van der Waals surface area (Å²) in [6.07, 6.45) is 0.819. The van der Waals surface area contributed by atoms with E-state index in [4.69, 9.17) is 0 Å². The molecule has 0 saturated carbocycles. The molecule has 2 N–H and O–H groups in total. The van der Waals surface area contributed by atoms with Crippen molar-refractivity contribution < 1.29 is 13.5 Å². The maximum atomic E-state index is 12.8. The maximum absolute atomic E-state index is 12.8. The van der Waals surface area contributed by atoms with Gasteiger partial charge in [-0.25, -0.2) is 13.4 Å². The zero-order chi connectivity index (χ0) is 16.9. The van der Waals surface area contributed by atoms with Gasteiger partial charge < -0.3 is 10.4 Å². The Balaban J connectivity index is 2.24. The highest BCUT2D eigenvalue weighted by Gasteiger charge is 2.23. The van der Waals surface area contributed by atoms with Crippen molar-refractivity contribution >= 4 is 21.5 Å². The number of pyridine rings is 1. The molecular formula is C16H21N3O3S. The highest BCUT2D eigenvalue weighted by Crippen LogP contribution is 2.23. The van der Waals surface area contributed by atoms with Crippen LogP contribution < -0.4 is 9.62 Å². The van der Waals surface area contributed by atoms with Crippen LogP contribution in [0.25, 0.3) is 0 Å². The molecular weight excluding hydrogens is 314 g/mol. The zero-order valence-corrected chi connectivity index (χ0v) is 14.0. The van der Waals surface area contributed by atoms with Crippen LogP contribution in [0.2, 0.25) is 0 Å². The van der Waals surface area contributed by atoms with Gasteiger partial charge in [-0.15, -0.1) is 0 Å². The molecule has 1 unspecified atom stereocenters. The monoisotopic (exact) mass is 335 g/mol. The fraction of sp³-hybridized carbons (Fsp3) is 0.312. The van der Waals surface area contributed by atoms with Crippen molar-refractivity contribution in [2.45, 2.75) is 24.8 Å². The summed E-state index contributed by atoms with van der Waals surface area (Å²) in [4.78, 5) is 4.23. The van der Waals surface area contributed by atoms with Gasteiger partial charge >= 0.3 is 0 Å². The standard InChI is InChI=1S/C16H21N3O3S/c1-3-19(14-7-5-4-6-8-14)23(21,22)15-9-10-16(18-12-15)17-11-13(2)20/h4-10,12-13,20H,3,11H2,1-2H3,(H,17,18). The number of hydrogen-bond acceptors (Lipinski definition) is 5. The molecule has 1 aromatic carbocycles. The van der Waals surface area contributed by atoms with Gasteiger partial charge in [0.1, 0.15) is 10.7 Å². The Morgan fingerprint density at radius 3 is 2.43 bits per heavy atom. The quantitative estimate of drug-likeness (QED) is 0.809. The first kappa shape index (κ1) is 17.2. The number of anilines is 2. The Hall–Kier alpha value is -2.12. The highest BCUT2D eigenvalue weighted by atomic mass is 32.2. The lowest BCUT2D eigenvalue weighted by Crippen LogP contribution is -2.30. The number of nitrogens with zero attached hydrogens (tertiary/aromatic N) is 2. The van der Waals surface area contributed by atoms with Crippen LogP contribution in [0.3, 0.4) is 0 Å². The Morgan fingerprint density at radius 1 is 1.22 bits per heavy atom. The Kier molecular flexibility index (Phi) is 5.57. The van der Waals surface area contributed by atoms with Gasteiger partial charge in [0.05, 0.1) is 11.8 Å². The van der Waals surface area contributed by atoms with E-state index in [9.17, 15) is 13.5 Å². The third kappa shape index (κ3) is 4.20. The van der Waals surface area contributed by atoms with Crippen LogP contribution in [0.4, 0.5) is 11.5 Å². The lowest BCUT2D eigenvalue weighted by atomic mass is 10.3. The first-order valence-electron chi connectivity index (χ1n) is 7.41. The highest BCUT2D eigenvalue weighted by molar-refractivity contribution is 7.92. The van der Waals surface area contributed by atoms with Crippen LogP contribution in [0.15, 0.2) is 53.6 Å². The average Bonchev–Trinajstić information content (AvgIpc) is 2.55. The molecule has 124 valence electrons. The van der Waals surface area contributed by atoms with Gasteiger partial charge in [-0.3, -0.25) is 4.31 Å². The van der Waals surface area contributed by atoms with E-state index in [0.29, 0.717) is 24.6 Å². The van der Waals surface area contributed by atoms with Crippen LogP contribution in [0.5, 0.6) is 0 Å². The molecule has 6 nitrogen and oxygen atoms in total. The first-order chi connectivity index (χ1) is 10.9. The molecule has 7 heteroatoms. The third-order valence-corrected chi connectivity index (χ3v) is 5.12. The summed E-state index contributed by atoms with van der Waals surface area (Å²) in [7, 11) is -3.66. The molecule has 0 radical (unpaired) electrons. The molecule has 0 saturated heterocycles. The summed E-state index contributed by atoms with van der Waals surface area (Å²) in [6.45, 7) is 4.12. The van der Waals surface area contributed by atoms with E-state index in [1.165, 1.54) is 16.6 Å². The van der Waals surface area contributed by atoms with E-state index in [-0.39, 0.29) is 4.90 Å². The van der Waals surface area contributed by atoms with E-state index in [1.54, 1.807) is 44.2 Å². The molecule has 0 bridgehead atoms. The number of hydrogen-bond donors (Lipinski definition) is 2.